The number of hydrogen-bond donors (Lipinski definition) is 0. The van der Waals surface area contributed by atoms with E-state index in [1.165, 1.54) is 28.8 Å². The Hall–Kier alpha value is -0.826. The highest BCUT2D eigenvalue weighted by molar-refractivity contribution is 6.77. The first-order valence-electron chi connectivity index (χ1n) is 7.57. The molecule has 0 nitrogen and oxygen atoms in total. The van der Waals surface area contributed by atoms with Gasteiger partial charge in [0.25, 0.3) is 0 Å². The molecule has 0 amide bonds. The van der Waals surface area contributed by atoms with E-state index < -0.39 is 16.1 Å². The van der Waals surface area contributed by atoms with Crippen LogP contribution in [0.25, 0.3) is 5.57 Å². The maximum atomic E-state index is 3.75. The Morgan fingerprint density at radius 2 is 1.35 bits per heavy atom. The number of allylic oxidation sites excluding steroid dienone is 1. The van der Waals surface area contributed by atoms with Crippen molar-refractivity contribution >= 4 is 21.7 Å². The summed E-state index contributed by atoms with van der Waals surface area (Å²) in [5.41, 5.74) is 7.95. The van der Waals surface area contributed by atoms with Gasteiger partial charge in [-0.05, 0) is 35.7 Å². The van der Waals surface area contributed by atoms with E-state index in [9.17, 15) is 0 Å². The van der Waals surface area contributed by atoms with Crippen LogP contribution >= 0.6 is 0 Å². The second kappa shape index (κ2) is 6.75. The molecule has 0 fully saturated rings. The third-order valence-electron chi connectivity index (χ3n) is 2.99. The summed E-state index contributed by atoms with van der Waals surface area (Å²) in [7, 11) is -2.18. The molecule has 0 aliphatic carbocycles. The molecule has 0 aliphatic heterocycles. The van der Waals surface area contributed by atoms with Gasteiger partial charge in [-0.25, -0.2) is 0 Å². The number of benzene rings is 1. The van der Waals surface area contributed by atoms with Gasteiger partial charge in [-0.2, -0.15) is 0 Å². The molecule has 1 aromatic carbocycles. The SMILES string of the molecule is CC(=C=C(C[Si](C)(C)C)c1ccccc1)C[Si](C)(C)C. The predicted octanol–water partition coefficient (Wildman–Crippen LogP) is 6.29. The van der Waals surface area contributed by atoms with Crippen molar-refractivity contribution in [2.75, 3.05) is 0 Å². The lowest BCUT2D eigenvalue weighted by atomic mass is 10.1. The topological polar surface area (TPSA) is 0 Å². The Bertz CT molecular complexity index is 492. The highest BCUT2D eigenvalue weighted by atomic mass is 28.3. The smallest absolute Gasteiger partial charge is 0.0495 e. The van der Waals surface area contributed by atoms with Crippen molar-refractivity contribution in [3.63, 3.8) is 0 Å². The molecule has 0 bridgehead atoms. The van der Waals surface area contributed by atoms with Crippen molar-refractivity contribution in [2.45, 2.75) is 58.3 Å². The lowest BCUT2D eigenvalue weighted by Gasteiger charge is -2.18. The van der Waals surface area contributed by atoms with Gasteiger partial charge in [0.15, 0.2) is 0 Å². The van der Waals surface area contributed by atoms with Crippen LogP contribution in [0.3, 0.4) is 0 Å². The van der Waals surface area contributed by atoms with E-state index in [-0.39, 0.29) is 0 Å². The van der Waals surface area contributed by atoms with Crippen LogP contribution in [0, 0.1) is 0 Å². The van der Waals surface area contributed by atoms with Gasteiger partial charge in [0.2, 0.25) is 0 Å². The van der Waals surface area contributed by atoms with Crippen LogP contribution in [0.4, 0.5) is 0 Å². The van der Waals surface area contributed by atoms with E-state index in [1.807, 2.05) is 0 Å². The molecule has 0 atom stereocenters. The van der Waals surface area contributed by atoms with Crippen molar-refractivity contribution in [1.82, 2.24) is 0 Å². The first kappa shape index (κ1) is 17.2. The summed E-state index contributed by atoms with van der Waals surface area (Å²) in [6.07, 6.45) is 0. The average Bonchev–Trinajstić information content (AvgIpc) is 2.25. The van der Waals surface area contributed by atoms with Gasteiger partial charge in [0.1, 0.15) is 0 Å². The normalized spacial score (nSPS) is 11.9. The molecule has 0 spiro atoms. The summed E-state index contributed by atoms with van der Waals surface area (Å²) in [6.45, 7) is 16.9. The third kappa shape index (κ3) is 7.09. The zero-order valence-corrected chi connectivity index (χ0v) is 16.3. The van der Waals surface area contributed by atoms with E-state index in [2.05, 4.69) is 82.3 Å². The van der Waals surface area contributed by atoms with Crippen LogP contribution in [0.15, 0.2) is 41.6 Å². The quantitative estimate of drug-likeness (QED) is 0.443. The van der Waals surface area contributed by atoms with Gasteiger partial charge in [0, 0.05) is 16.1 Å². The van der Waals surface area contributed by atoms with Gasteiger partial charge in [-0.3, -0.25) is 0 Å². The largest absolute Gasteiger partial charge is 0.118 e. The van der Waals surface area contributed by atoms with Crippen LogP contribution in [0.5, 0.6) is 0 Å². The lowest BCUT2D eigenvalue weighted by molar-refractivity contribution is 1.32. The molecule has 0 aliphatic rings. The van der Waals surface area contributed by atoms with E-state index in [0.717, 1.165) is 0 Å². The van der Waals surface area contributed by atoms with Crippen molar-refractivity contribution in [3.8, 4) is 0 Å². The molecule has 0 radical (unpaired) electrons. The van der Waals surface area contributed by atoms with Crippen molar-refractivity contribution in [1.29, 1.82) is 0 Å². The van der Waals surface area contributed by atoms with E-state index >= 15 is 0 Å². The van der Waals surface area contributed by atoms with Crippen molar-refractivity contribution in [3.05, 3.63) is 47.2 Å². The first-order valence-corrected chi connectivity index (χ1v) is 15.0. The minimum Gasteiger partial charge on any atom is -0.118 e. The molecular formula is C18H30Si2. The van der Waals surface area contributed by atoms with E-state index in [0.29, 0.717) is 0 Å². The zero-order chi connectivity index (χ0) is 15.4. The molecule has 0 N–H and O–H groups in total. The molecule has 20 heavy (non-hydrogen) atoms. The molecule has 110 valence electrons. The van der Waals surface area contributed by atoms with Crippen LogP contribution in [-0.2, 0) is 0 Å². The Balaban J connectivity index is 3.21. The van der Waals surface area contributed by atoms with Crippen LogP contribution in [0.1, 0.15) is 12.5 Å². The maximum absolute atomic E-state index is 3.75. The fourth-order valence-corrected chi connectivity index (χ4v) is 5.52. The highest BCUT2D eigenvalue weighted by Gasteiger charge is 2.17. The fourth-order valence-electron chi connectivity index (χ4n) is 2.49. The standard InChI is InChI=1S/C18H30Si2/c1-16(14-19(2,3)4)13-18(15-20(5,6)7)17-11-9-8-10-12-17/h8-12H,14-15H2,1-7H3. The highest BCUT2D eigenvalue weighted by Crippen LogP contribution is 2.26. The zero-order valence-electron chi connectivity index (χ0n) is 14.3. The van der Waals surface area contributed by atoms with Crippen LogP contribution in [0.2, 0.25) is 51.4 Å². The van der Waals surface area contributed by atoms with Gasteiger partial charge in [-0.1, -0.05) is 69.6 Å². The van der Waals surface area contributed by atoms with Gasteiger partial charge >= 0.3 is 0 Å². The van der Waals surface area contributed by atoms with Crippen molar-refractivity contribution < 1.29 is 0 Å². The molecule has 0 unspecified atom stereocenters. The van der Waals surface area contributed by atoms with Crippen molar-refractivity contribution in [2.24, 2.45) is 0 Å². The number of hydrogen-bond acceptors (Lipinski definition) is 0. The fraction of sp³-hybridized carbons (Fsp3) is 0.500. The summed E-state index contributed by atoms with van der Waals surface area (Å²) in [5.74, 6) is 0. The van der Waals surface area contributed by atoms with Gasteiger partial charge < -0.3 is 0 Å². The molecule has 0 saturated heterocycles. The van der Waals surface area contributed by atoms with Gasteiger partial charge in [0.05, 0.1) is 0 Å². The first-order chi connectivity index (χ1) is 9.07. The second-order valence-electron chi connectivity index (χ2n) is 8.22. The maximum Gasteiger partial charge on any atom is 0.0495 e. The van der Waals surface area contributed by atoms with Gasteiger partial charge in [-0.15, -0.1) is 5.73 Å². The minimum atomic E-state index is -1.13. The molecule has 1 rings (SSSR count). The van der Waals surface area contributed by atoms with Crippen LogP contribution in [-0.4, -0.2) is 16.1 Å². The molecular weight excluding hydrogens is 272 g/mol. The summed E-state index contributed by atoms with van der Waals surface area (Å²) >= 11 is 0. The predicted molar refractivity (Wildman–Crippen MR) is 98.9 cm³/mol. The van der Waals surface area contributed by atoms with E-state index in [4.69, 9.17) is 0 Å². The lowest BCUT2D eigenvalue weighted by Crippen LogP contribution is -2.20. The van der Waals surface area contributed by atoms with E-state index in [1.54, 1.807) is 0 Å². The minimum absolute atomic E-state index is 1.05. The Morgan fingerprint density at radius 3 is 1.80 bits per heavy atom. The average molecular weight is 303 g/mol. The molecule has 0 heterocycles. The molecule has 2 heteroatoms. The second-order valence-corrected chi connectivity index (χ2v) is 19.2. The Kier molecular flexibility index (Phi) is 5.82. The van der Waals surface area contributed by atoms with Crippen LogP contribution < -0.4 is 0 Å². The summed E-state index contributed by atoms with van der Waals surface area (Å²) in [6, 6.07) is 13.3. The summed E-state index contributed by atoms with van der Waals surface area (Å²) in [4.78, 5) is 0. The Morgan fingerprint density at radius 1 is 0.850 bits per heavy atom. The number of rotatable bonds is 5. The summed E-state index contributed by atoms with van der Waals surface area (Å²) in [5, 5.41) is 0. The third-order valence-corrected chi connectivity index (χ3v) is 5.99. The monoisotopic (exact) mass is 302 g/mol. The summed E-state index contributed by atoms with van der Waals surface area (Å²) < 4.78 is 0. The molecule has 0 saturated carbocycles. The molecule has 0 aromatic heterocycles. The Labute approximate surface area is 127 Å². The molecule has 1 aromatic rings.